The monoisotopic (exact) mass is 366 g/mol. The third-order valence-electron chi connectivity index (χ3n) is 4.98. The minimum atomic E-state index is -0.376. The lowest BCUT2D eigenvalue weighted by Gasteiger charge is -2.21. The highest BCUT2D eigenvalue weighted by atomic mass is 16.6. The molecule has 1 unspecified atom stereocenters. The first-order valence-electron chi connectivity index (χ1n) is 9.02. The van der Waals surface area contributed by atoms with E-state index in [-0.39, 0.29) is 18.1 Å². The number of nitrogens with one attached hydrogen (secondary N) is 1. The molecule has 4 rings (SSSR count). The van der Waals surface area contributed by atoms with Crippen molar-refractivity contribution >= 4 is 23.4 Å². The van der Waals surface area contributed by atoms with Gasteiger partial charge in [0.2, 0.25) is 5.91 Å². The normalized spacial score (nSPS) is 18.4. The van der Waals surface area contributed by atoms with E-state index < -0.39 is 0 Å². The smallest absolute Gasteiger partial charge is 0.414 e. The van der Waals surface area contributed by atoms with Crippen molar-refractivity contribution in [2.24, 2.45) is 0 Å². The van der Waals surface area contributed by atoms with Crippen molar-refractivity contribution in [3.8, 4) is 0 Å². The van der Waals surface area contributed by atoms with Crippen LogP contribution in [0.25, 0.3) is 0 Å². The minimum Gasteiger partial charge on any atom is -0.442 e. The number of rotatable bonds is 4. The number of cyclic esters (lactones) is 1. The number of carbonyl (C=O) groups is 2. The second-order valence-corrected chi connectivity index (χ2v) is 6.99. The van der Waals surface area contributed by atoms with Gasteiger partial charge >= 0.3 is 6.09 Å². The molecule has 2 aromatic rings. The molecule has 7 nitrogen and oxygen atoms in total. The molecule has 0 radical (unpaired) electrons. The van der Waals surface area contributed by atoms with E-state index in [4.69, 9.17) is 4.74 Å². The standard InChI is InChI=1S/C20H22N4O3/c1-13-8-16(23-10-15-4-3-7-21-18(15)12-23)5-6-19(13)24-11-17(27-20(24)26)9-22-14(2)25/h3-8,17H,9-12H2,1-2H3,(H,22,25). The lowest BCUT2D eigenvalue weighted by atomic mass is 10.1. The summed E-state index contributed by atoms with van der Waals surface area (Å²) in [5.41, 5.74) is 5.32. The van der Waals surface area contributed by atoms with Gasteiger partial charge in [0.1, 0.15) is 6.10 Å². The fraction of sp³-hybridized carbons (Fsp3) is 0.350. The number of pyridine rings is 1. The van der Waals surface area contributed by atoms with E-state index in [1.54, 1.807) is 4.90 Å². The minimum absolute atomic E-state index is 0.133. The van der Waals surface area contributed by atoms with E-state index in [9.17, 15) is 9.59 Å². The van der Waals surface area contributed by atoms with E-state index in [1.165, 1.54) is 12.5 Å². The molecular formula is C20H22N4O3. The van der Waals surface area contributed by atoms with Crippen LogP contribution < -0.4 is 15.1 Å². The highest BCUT2D eigenvalue weighted by molar-refractivity contribution is 5.91. The first-order valence-corrected chi connectivity index (χ1v) is 9.02. The Kier molecular flexibility index (Phi) is 4.43. The summed E-state index contributed by atoms with van der Waals surface area (Å²) < 4.78 is 5.36. The molecule has 1 aromatic heterocycles. The van der Waals surface area contributed by atoms with Gasteiger partial charge in [-0.2, -0.15) is 0 Å². The number of anilines is 2. The Bertz CT molecular complexity index is 874. The number of hydrogen-bond acceptors (Lipinski definition) is 5. The molecule has 0 aliphatic carbocycles. The van der Waals surface area contributed by atoms with Crippen LogP contribution in [-0.2, 0) is 22.6 Å². The van der Waals surface area contributed by atoms with E-state index in [0.29, 0.717) is 13.1 Å². The van der Waals surface area contributed by atoms with Gasteiger partial charge in [-0.25, -0.2) is 4.79 Å². The van der Waals surface area contributed by atoms with Crippen LogP contribution >= 0.6 is 0 Å². The van der Waals surface area contributed by atoms with Crippen LogP contribution in [0.15, 0.2) is 36.5 Å². The summed E-state index contributed by atoms with van der Waals surface area (Å²) >= 11 is 0. The van der Waals surface area contributed by atoms with Crippen molar-refractivity contribution in [2.75, 3.05) is 22.9 Å². The van der Waals surface area contributed by atoms with Crippen molar-refractivity contribution in [1.29, 1.82) is 0 Å². The highest BCUT2D eigenvalue weighted by Crippen LogP contribution is 2.32. The zero-order valence-corrected chi connectivity index (χ0v) is 15.4. The molecule has 0 bridgehead atoms. The predicted molar refractivity (Wildman–Crippen MR) is 102 cm³/mol. The van der Waals surface area contributed by atoms with E-state index >= 15 is 0 Å². The van der Waals surface area contributed by atoms with Gasteiger partial charge in [-0.3, -0.25) is 14.7 Å². The van der Waals surface area contributed by atoms with Crippen molar-refractivity contribution in [3.63, 3.8) is 0 Å². The Balaban J connectivity index is 1.48. The maximum Gasteiger partial charge on any atom is 0.414 e. The fourth-order valence-corrected chi connectivity index (χ4v) is 3.60. The number of hydrogen-bond donors (Lipinski definition) is 1. The molecule has 1 saturated heterocycles. The van der Waals surface area contributed by atoms with E-state index in [1.807, 2.05) is 31.3 Å². The SMILES string of the molecule is CC(=O)NCC1CN(c2ccc(N3Cc4cccnc4C3)cc2C)C(=O)O1. The zero-order chi connectivity index (χ0) is 19.0. The van der Waals surface area contributed by atoms with Crippen LogP contribution in [0, 0.1) is 6.92 Å². The van der Waals surface area contributed by atoms with Gasteiger partial charge in [0.15, 0.2) is 0 Å². The Morgan fingerprint density at radius 3 is 2.93 bits per heavy atom. The number of fused-ring (bicyclic) bond motifs is 1. The second kappa shape index (κ2) is 6.90. The second-order valence-electron chi connectivity index (χ2n) is 6.99. The lowest BCUT2D eigenvalue weighted by molar-refractivity contribution is -0.119. The number of carbonyl (C=O) groups excluding carboxylic acids is 2. The molecule has 1 fully saturated rings. The van der Waals surface area contributed by atoms with Gasteiger partial charge in [0, 0.05) is 25.4 Å². The number of benzene rings is 1. The van der Waals surface area contributed by atoms with Crippen molar-refractivity contribution < 1.29 is 14.3 Å². The number of ether oxygens (including phenoxy) is 1. The van der Waals surface area contributed by atoms with Crippen LogP contribution in [0.4, 0.5) is 16.2 Å². The molecule has 1 N–H and O–H groups in total. The molecule has 2 amide bonds. The van der Waals surface area contributed by atoms with Crippen molar-refractivity contribution in [1.82, 2.24) is 10.3 Å². The van der Waals surface area contributed by atoms with Crippen molar-refractivity contribution in [2.45, 2.75) is 33.0 Å². The first-order chi connectivity index (χ1) is 13.0. The molecule has 3 heterocycles. The number of aromatic nitrogens is 1. The maximum atomic E-state index is 12.2. The zero-order valence-electron chi connectivity index (χ0n) is 15.4. The topological polar surface area (TPSA) is 74.8 Å². The molecule has 140 valence electrons. The summed E-state index contributed by atoms with van der Waals surface area (Å²) in [6.45, 7) is 5.83. The molecule has 0 spiro atoms. The number of aryl methyl sites for hydroxylation is 1. The van der Waals surface area contributed by atoms with Gasteiger partial charge in [-0.15, -0.1) is 0 Å². The molecule has 0 saturated carbocycles. The van der Waals surface area contributed by atoms with E-state index in [2.05, 4.69) is 27.3 Å². The predicted octanol–water partition coefficient (Wildman–Crippen LogP) is 2.37. The molecular weight excluding hydrogens is 344 g/mol. The van der Waals surface area contributed by atoms with Gasteiger partial charge in [0.25, 0.3) is 0 Å². The summed E-state index contributed by atoms with van der Waals surface area (Å²) in [6.07, 6.45) is 1.12. The molecule has 1 atom stereocenters. The Morgan fingerprint density at radius 2 is 2.19 bits per heavy atom. The molecule has 1 aromatic carbocycles. The summed E-state index contributed by atoms with van der Waals surface area (Å²) in [5, 5.41) is 2.69. The maximum absolute atomic E-state index is 12.2. The van der Waals surface area contributed by atoms with Crippen LogP contribution in [0.1, 0.15) is 23.7 Å². The Labute approximate surface area is 157 Å². The van der Waals surface area contributed by atoms with E-state index in [0.717, 1.165) is 35.7 Å². The molecule has 2 aliphatic rings. The lowest BCUT2D eigenvalue weighted by Crippen LogP contribution is -2.33. The summed E-state index contributed by atoms with van der Waals surface area (Å²) in [5.74, 6) is -0.133. The van der Waals surface area contributed by atoms with Gasteiger partial charge in [-0.05, 0) is 42.3 Å². The number of nitrogens with zero attached hydrogens (tertiary/aromatic N) is 3. The third kappa shape index (κ3) is 3.45. The molecule has 27 heavy (non-hydrogen) atoms. The summed E-state index contributed by atoms with van der Waals surface area (Å²) in [6, 6.07) is 10.2. The average molecular weight is 366 g/mol. The fourth-order valence-electron chi connectivity index (χ4n) is 3.60. The molecule has 2 aliphatic heterocycles. The average Bonchev–Trinajstić information content (AvgIpc) is 3.23. The van der Waals surface area contributed by atoms with Crippen LogP contribution in [-0.4, -0.2) is 36.2 Å². The van der Waals surface area contributed by atoms with Crippen LogP contribution in [0.5, 0.6) is 0 Å². The van der Waals surface area contributed by atoms with Gasteiger partial charge < -0.3 is 15.0 Å². The summed E-state index contributed by atoms with van der Waals surface area (Å²) in [7, 11) is 0. The Morgan fingerprint density at radius 1 is 1.33 bits per heavy atom. The first kappa shape index (κ1) is 17.3. The quantitative estimate of drug-likeness (QED) is 0.899. The Hall–Kier alpha value is -3.09. The van der Waals surface area contributed by atoms with Gasteiger partial charge in [-0.1, -0.05) is 6.07 Å². The summed E-state index contributed by atoms with van der Waals surface area (Å²) in [4.78, 5) is 31.7. The highest BCUT2D eigenvalue weighted by Gasteiger charge is 2.33. The van der Waals surface area contributed by atoms with Crippen LogP contribution in [0.2, 0.25) is 0 Å². The van der Waals surface area contributed by atoms with Crippen LogP contribution in [0.3, 0.4) is 0 Å². The third-order valence-corrected chi connectivity index (χ3v) is 4.98. The number of amides is 2. The van der Waals surface area contributed by atoms with Gasteiger partial charge in [0.05, 0.1) is 31.0 Å². The van der Waals surface area contributed by atoms with Crippen molar-refractivity contribution in [3.05, 3.63) is 53.3 Å². The largest absolute Gasteiger partial charge is 0.442 e. The molecule has 7 heteroatoms.